The third kappa shape index (κ3) is 39.2. The fourth-order valence-electron chi connectivity index (χ4n) is 3.49. The van der Waals surface area contributed by atoms with Crippen molar-refractivity contribution in [2.24, 2.45) is 0 Å². The first-order valence-electron chi connectivity index (χ1n) is 13.3. The molecule has 0 saturated heterocycles. The van der Waals surface area contributed by atoms with E-state index >= 15 is 0 Å². The smallest absolute Gasteiger partial charge is 0.00675 e. The van der Waals surface area contributed by atoms with Gasteiger partial charge in [0.1, 0.15) is 0 Å². The number of thioether (sulfide) groups is 1. The molecule has 0 aromatic heterocycles. The van der Waals surface area contributed by atoms with Gasteiger partial charge in [-0.1, -0.05) is 135 Å². The van der Waals surface area contributed by atoms with E-state index in [9.17, 15) is 0 Å². The van der Waals surface area contributed by atoms with Gasteiger partial charge in [-0.2, -0.15) is 11.8 Å². The molecule has 1 heteroatoms. The minimum atomic E-state index is 1.17. The number of hydrogen-bond donors (Lipinski definition) is 0. The van der Waals surface area contributed by atoms with E-state index in [2.05, 4.69) is 32.2 Å². The largest absolute Gasteiger partial charge is 0.162 e. The molecule has 0 heterocycles. The van der Waals surface area contributed by atoms with Gasteiger partial charge in [-0.05, 0) is 38.2 Å². The molecule has 0 rings (SSSR count). The molecule has 0 aliphatic carbocycles. The second kappa shape index (κ2) is 30.3. The van der Waals surface area contributed by atoms with Gasteiger partial charge in [0.2, 0.25) is 0 Å². The van der Waals surface area contributed by atoms with Crippen molar-refractivity contribution >= 4 is 11.8 Å². The van der Waals surface area contributed by atoms with Crippen molar-refractivity contribution in [2.75, 3.05) is 11.5 Å². The molecule has 0 amide bonds. The maximum Gasteiger partial charge on any atom is -0.00675 e. The molecule has 0 aliphatic heterocycles. The molecule has 0 aromatic rings. The predicted molar refractivity (Wildman–Crippen MR) is 142 cm³/mol. The van der Waals surface area contributed by atoms with Crippen molar-refractivity contribution < 1.29 is 0 Å². The van der Waals surface area contributed by atoms with Crippen LogP contribution in [0.25, 0.3) is 0 Å². The summed E-state index contributed by atoms with van der Waals surface area (Å²) in [6.07, 6.45) is 29.2. The Hall–Kier alpha value is 0.0900. The van der Waals surface area contributed by atoms with Crippen molar-refractivity contribution in [1.29, 1.82) is 0 Å². The Morgan fingerprint density at radius 1 is 0.448 bits per heavy atom. The Labute approximate surface area is 191 Å². The van der Waals surface area contributed by atoms with Crippen LogP contribution in [0.4, 0.5) is 0 Å². The summed E-state index contributed by atoms with van der Waals surface area (Å²) < 4.78 is 0. The Bertz CT molecular complexity index is 258. The van der Waals surface area contributed by atoms with E-state index in [1.54, 1.807) is 0 Å². The topological polar surface area (TPSA) is 0 Å². The number of rotatable bonds is 22. The van der Waals surface area contributed by atoms with E-state index in [1.807, 2.05) is 13.8 Å². The molecule has 0 nitrogen and oxygen atoms in total. The molecule has 0 unspecified atom stereocenters. The molecule has 0 radical (unpaired) electrons. The van der Waals surface area contributed by atoms with Gasteiger partial charge in [0.15, 0.2) is 0 Å². The minimum absolute atomic E-state index is 1.17. The summed E-state index contributed by atoms with van der Waals surface area (Å²) in [4.78, 5) is 0. The van der Waals surface area contributed by atoms with Gasteiger partial charge in [0.05, 0.1) is 0 Å². The van der Waals surface area contributed by atoms with Crippen molar-refractivity contribution in [1.82, 2.24) is 0 Å². The fraction of sp³-hybridized carbons (Fsp3) is 0.929. The normalized spacial score (nSPS) is 10.6. The summed E-state index contributed by atoms with van der Waals surface area (Å²) in [5, 5.41) is 0. The first kappa shape index (κ1) is 31.3. The van der Waals surface area contributed by atoms with Crippen LogP contribution in [0.2, 0.25) is 0 Å². The van der Waals surface area contributed by atoms with Crippen molar-refractivity contribution in [3.63, 3.8) is 0 Å². The van der Waals surface area contributed by atoms with E-state index in [4.69, 9.17) is 0 Å². The molecule has 176 valence electrons. The zero-order valence-electron chi connectivity index (χ0n) is 21.2. The van der Waals surface area contributed by atoms with Crippen LogP contribution in [-0.4, -0.2) is 11.5 Å². The van der Waals surface area contributed by atoms with Crippen LogP contribution in [0, 0.1) is 0 Å². The van der Waals surface area contributed by atoms with E-state index in [1.165, 1.54) is 145 Å². The molecular weight excluding hydrogens is 368 g/mol. The highest BCUT2D eigenvalue weighted by Gasteiger charge is 1.95. The Morgan fingerprint density at radius 2 is 0.655 bits per heavy atom. The molecule has 0 spiro atoms. The second-order valence-corrected chi connectivity index (χ2v) is 10.4. The van der Waals surface area contributed by atoms with Crippen LogP contribution in [-0.2, 0) is 0 Å². The monoisotopic (exact) mass is 426 g/mol. The molecule has 0 bridgehead atoms. The summed E-state index contributed by atoms with van der Waals surface area (Å²) >= 11 is 2.21. The van der Waals surface area contributed by atoms with Crippen LogP contribution in [0.15, 0.2) is 12.2 Å². The average molecular weight is 427 g/mol. The number of allylic oxidation sites excluding steroid dienone is 1. The molecular formula is C28H58S. The maximum atomic E-state index is 3.56. The second-order valence-electron chi connectivity index (χ2n) is 9.18. The molecule has 0 saturated carbocycles. The standard InChI is InChI=1S/C24H50S.C4H8/c1-3-5-7-9-11-13-15-17-19-21-23-25-24-22-20-18-16-14-12-10-8-6-4-2;1-4(2)3/h3-24H2,1-2H3;1H2,2-3H3. The first-order chi connectivity index (χ1) is 14.1. The van der Waals surface area contributed by atoms with Crippen LogP contribution in [0.5, 0.6) is 0 Å². The highest BCUT2D eigenvalue weighted by Crippen LogP contribution is 2.15. The van der Waals surface area contributed by atoms with Crippen molar-refractivity contribution in [3.8, 4) is 0 Å². The van der Waals surface area contributed by atoms with Gasteiger partial charge >= 0.3 is 0 Å². The fourth-order valence-corrected chi connectivity index (χ4v) is 4.51. The zero-order chi connectivity index (χ0) is 21.8. The SMILES string of the molecule is C=C(C)C.CCCCCCCCCCCCSCCCCCCCCCCCC. The lowest BCUT2D eigenvalue weighted by Gasteiger charge is -2.04. The van der Waals surface area contributed by atoms with E-state index in [-0.39, 0.29) is 0 Å². The summed E-state index contributed by atoms with van der Waals surface area (Å²) in [5.41, 5.74) is 1.17. The molecule has 0 N–H and O–H groups in total. The quantitative estimate of drug-likeness (QED) is 0.122. The molecule has 0 aromatic carbocycles. The van der Waals surface area contributed by atoms with Gasteiger partial charge in [0.25, 0.3) is 0 Å². The number of unbranched alkanes of at least 4 members (excludes halogenated alkanes) is 18. The van der Waals surface area contributed by atoms with Crippen LogP contribution < -0.4 is 0 Å². The lowest BCUT2D eigenvalue weighted by Crippen LogP contribution is -1.87. The Kier molecular flexibility index (Phi) is 32.7. The maximum absolute atomic E-state index is 3.56. The number of hydrogen-bond acceptors (Lipinski definition) is 1. The third-order valence-electron chi connectivity index (χ3n) is 5.28. The van der Waals surface area contributed by atoms with Gasteiger partial charge in [-0.3, -0.25) is 0 Å². The predicted octanol–water partition coefficient (Wildman–Crippen LogP) is 11.1. The average Bonchev–Trinajstić information content (AvgIpc) is 2.69. The van der Waals surface area contributed by atoms with Crippen LogP contribution >= 0.6 is 11.8 Å². The van der Waals surface area contributed by atoms with Gasteiger partial charge in [-0.25, -0.2) is 0 Å². The molecule has 29 heavy (non-hydrogen) atoms. The van der Waals surface area contributed by atoms with Gasteiger partial charge in [-0.15, -0.1) is 6.58 Å². The highest BCUT2D eigenvalue weighted by atomic mass is 32.2. The van der Waals surface area contributed by atoms with E-state index in [0.29, 0.717) is 0 Å². The minimum Gasteiger partial charge on any atom is -0.162 e. The highest BCUT2D eigenvalue weighted by molar-refractivity contribution is 7.99. The van der Waals surface area contributed by atoms with Crippen molar-refractivity contribution in [3.05, 3.63) is 12.2 Å². The van der Waals surface area contributed by atoms with Crippen LogP contribution in [0.3, 0.4) is 0 Å². The molecule has 0 fully saturated rings. The van der Waals surface area contributed by atoms with E-state index < -0.39 is 0 Å². The molecule has 0 aliphatic rings. The zero-order valence-corrected chi connectivity index (χ0v) is 22.0. The summed E-state index contributed by atoms with van der Waals surface area (Å²) in [6.45, 7) is 12.1. The van der Waals surface area contributed by atoms with E-state index in [0.717, 1.165) is 0 Å². The summed E-state index contributed by atoms with van der Waals surface area (Å²) in [6, 6.07) is 0. The van der Waals surface area contributed by atoms with Gasteiger partial charge < -0.3 is 0 Å². The van der Waals surface area contributed by atoms with Crippen molar-refractivity contribution in [2.45, 2.75) is 156 Å². The Balaban J connectivity index is 0. The Morgan fingerprint density at radius 3 is 0.897 bits per heavy atom. The summed E-state index contributed by atoms with van der Waals surface area (Å²) in [7, 11) is 0. The first-order valence-corrected chi connectivity index (χ1v) is 14.5. The van der Waals surface area contributed by atoms with Gasteiger partial charge in [0, 0.05) is 0 Å². The third-order valence-corrected chi connectivity index (χ3v) is 6.44. The van der Waals surface area contributed by atoms with Crippen LogP contribution in [0.1, 0.15) is 156 Å². The molecule has 0 atom stereocenters. The summed E-state index contributed by atoms with van der Waals surface area (Å²) in [5.74, 6) is 2.82. The lowest BCUT2D eigenvalue weighted by atomic mass is 10.1. The lowest BCUT2D eigenvalue weighted by molar-refractivity contribution is 0.562.